The molecule has 0 spiro atoms. The lowest BCUT2D eigenvalue weighted by Gasteiger charge is -2.04. The minimum atomic E-state index is -0.922. The molecule has 0 unspecified atom stereocenters. The molecular weight excluding hydrogens is 266 g/mol. The summed E-state index contributed by atoms with van der Waals surface area (Å²) in [4.78, 5) is 33.3. The monoisotopic (exact) mass is 281 g/mol. The number of nitrogens with zero attached hydrogens (tertiary/aromatic N) is 3. The highest BCUT2D eigenvalue weighted by molar-refractivity contribution is 5.94. The van der Waals surface area contributed by atoms with E-state index in [1.807, 2.05) is 0 Å². The normalized spacial score (nSPS) is 13.8. The number of carboxylic acid groups (broad SMARTS) is 1. The fraction of sp³-hybridized carbons (Fsp3) is 0.545. The number of carbonyl (C=O) groups is 3. The molecule has 3 N–H and O–H groups in total. The van der Waals surface area contributed by atoms with Gasteiger partial charge in [0.05, 0.1) is 12.1 Å². The highest BCUT2D eigenvalue weighted by atomic mass is 16.4. The van der Waals surface area contributed by atoms with Crippen molar-refractivity contribution in [3.05, 3.63) is 11.9 Å². The van der Waals surface area contributed by atoms with Crippen molar-refractivity contribution < 1.29 is 19.5 Å². The molecule has 3 amide bonds. The minimum Gasteiger partial charge on any atom is -0.481 e. The Balaban J connectivity index is 1.75. The predicted octanol–water partition coefficient (Wildman–Crippen LogP) is -0.716. The number of nitrogens with one attached hydrogen (secondary N) is 2. The molecule has 108 valence electrons. The zero-order chi connectivity index (χ0) is 14.5. The van der Waals surface area contributed by atoms with Crippen LogP contribution in [0.4, 0.5) is 4.79 Å². The molecule has 2 rings (SSSR count). The third-order valence-corrected chi connectivity index (χ3v) is 2.65. The van der Waals surface area contributed by atoms with Crippen molar-refractivity contribution in [2.45, 2.75) is 38.3 Å². The molecule has 1 aromatic rings. The Morgan fingerprint density at radius 1 is 1.40 bits per heavy atom. The van der Waals surface area contributed by atoms with Gasteiger partial charge >= 0.3 is 12.0 Å². The van der Waals surface area contributed by atoms with Crippen LogP contribution in [0.15, 0.2) is 6.20 Å². The lowest BCUT2D eigenvalue weighted by molar-refractivity contribution is -0.137. The topological polar surface area (TPSA) is 126 Å². The van der Waals surface area contributed by atoms with Gasteiger partial charge in [0.1, 0.15) is 6.54 Å². The number of rotatable bonds is 6. The highest BCUT2D eigenvalue weighted by Gasteiger charge is 2.23. The van der Waals surface area contributed by atoms with Crippen molar-refractivity contribution in [3.63, 3.8) is 0 Å². The van der Waals surface area contributed by atoms with Crippen molar-refractivity contribution >= 4 is 17.9 Å². The molecule has 0 saturated heterocycles. The molecule has 1 fully saturated rings. The van der Waals surface area contributed by atoms with Crippen molar-refractivity contribution in [1.29, 1.82) is 0 Å². The van der Waals surface area contributed by atoms with E-state index >= 15 is 0 Å². The summed E-state index contributed by atoms with van der Waals surface area (Å²) in [5, 5.41) is 20.8. The number of aliphatic carboxylic acids is 1. The molecule has 1 heterocycles. The van der Waals surface area contributed by atoms with E-state index in [4.69, 9.17) is 5.11 Å². The number of aromatic nitrogens is 3. The van der Waals surface area contributed by atoms with Gasteiger partial charge in [0.2, 0.25) is 5.91 Å². The van der Waals surface area contributed by atoms with Crippen LogP contribution in [0.25, 0.3) is 0 Å². The largest absolute Gasteiger partial charge is 0.481 e. The Kier molecular flexibility index (Phi) is 4.28. The molecule has 1 aliphatic carbocycles. The van der Waals surface area contributed by atoms with E-state index in [0.717, 1.165) is 12.8 Å². The molecule has 20 heavy (non-hydrogen) atoms. The number of amides is 3. The first kappa shape index (κ1) is 14.0. The molecule has 0 bridgehead atoms. The lowest BCUT2D eigenvalue weighted by atomic mass is 10.2. The van der Waals surface area contributed by atoms with Crippen LogP contribution in [0.2, 0.25) is 0 Å². The second-order valence-electron chi connectivity index (χ2n) is 4.60. The number of urea groups is 1. The third kappa shape index (κ3) is 4.67. The summed E-state index contributed by atoms with van der Waals surface area (Å²) in [6.07, 6.45) is 3.57. The van der Waals surface area contributed by atoms with Crippen molar-refractivity contribution in [1.82, 2.24) is 25.6 Å². The summed E-state index contributed by atoms with van der Waals surface area (Å²) in [6, 6.07) is -0.333. The van der Waals surface area contributed by atoms with E-state index in [1.54, 1.807) is 0 Å². The van der Waals surface area contributed by atoms with Crippen LogP contribution in [0, 0.1) is 0 Å². The van der Waals surface area contributed by atoms with Gasteiger partial charge in [-0.15, -0.1) is 5.10 Å². The van der Waals surface area contributed by atoms with E-state index in [0.29, 0.717) is 5.69 Å². The van der Waals surface area contributed by atoms with Gasteiger partial charge in [-0.05, 0) is 12.8 Å². The van der Waals surface area contributed by atoms with Crippen LogP contribution >= 0.6 is 0 Å². The average molecular weight is 281 g/mol. The number of carbonyl (C=O) groups excluding carboxylic acids is 2. The van der Waals surface area contributed by atoms with Crippen LogP contribution in [0.1, 0.15) is 25.0 Å². The maximum Gasteiger partial charge on any atom is 0.321 e. The molecule has 1 aliphatic rings. The van der Waals surface area contributed by atoms with E-state index in [1.165, 1.54) is 10.9 Å². The summed E-state index contributed by atoms with van der Waals surface area (Å²) in [7, 11) is 0. The number of carboxylic acids is 1. The van der Waals surface area contributed by atoms with Crippen molar-refractivity contribution in [2.75, 3.05) is 0 Å². The average Bonchev–Trinajstić information content (AvgIpc) is 3.04. The Labute approximate surface area is 114 Å². The van der Waals surface area contributed by atoms with E-state index in [2.05, 4.69) is 20.9 Å². The predicted molar refractivity (Wildman–Crippen MR) is 65.7 cm³/mol. The lowest BCUT2D eigenvalue weighted by Crippen LogP contribution is -2.41. The Morgan fingerprint density at radius 3 is 2.80 bits per heavy atom. The number of hydrogen-bond donors (Lipinski definition) is 3. The fourth-order valence-corrected chi connectivity index (χ4v) is 1.53. The maximum atomic E-state index is 11.5. The van der Waals surface area contributed by atoms with Gasteiger partial charge in [0, 0.05) is 18.7 Å². The minimum absolute atomic E-state index is 0.0469. The first-order valence-electron chi connectivity index (χ1n) is 6.24. The van der Waals surface area contributed by atoms with Gasteiger partial charge in [-0.25, -0.2) is 9.48 Å². The molecule has 0 atom stereocenters. The first-order valence-corrected chi connectivity index (χ1v) is 6.24. The number of aryl methyl sites for hydroxylation is 1. The van der Waals surface area contributed by atoms with Gasteiger partial charge in [0.15, 0.2) is 0 Å². The van der Waals surface area contributed by atoms with Crippen LogP contribution < -0.4 is 10.6 Å². The Hall–Kier alpha value is -2.45. The summed E-state index contributed by atoms with van der Waals surface area (Å²) >= 11 is 0. The standard InChI is InChI=1S/C11H15N5O4/c17-9(13-11(20)12-7-1-2-7)6-16-5-8(14-15-16)3-4-10(18)19/h5,7H,1-4,6H2,(H,18,19)(H2,12,13,17,20). The first-order chi connectivity index (χ1) is 9.52. The second-order valence-corrected chi connectivity index (χ2v) is 4.60. The van der Waals surface area contributed by atoms with E-state index in [-0.39, 0.29) is 25.4 Å². The van der Waals surface area contributed by atoms with Gasteiger partial charge in [-0.1, -0.05) is 5.21 Å². The number of hydrogen-bond acceptors (Lipinski definition) is 5. The summed E-state index contributed by atoms with van der Waals surface area (Å²) < 4.78 is 1.26. The van der Waals surface area contributed by atoms with Gasteiger partial charge in [0.25, 0.3) is 0 Å². The molecule has 1 saturated carbocycles. The SMILES string of the molecule is O=C(O)CCc1cn(CC(=O)NC(=O)NC2CC2)nn1. The maximum absolute atomic E-state index is 11.5. The van der Waals surface area contributed by atoms with E-state index < -0.39 is 17.9 Å². The molecule has 0 aliphatic heterocycles. The smallest absolute Gasteiger partial charge is 0.321 e. The van der Waals surface area contributed by atoms with Gasteiger partial charge < -0.3 is 10.4 Å². The molecule has 0 aromatic carbocycles. The van der Waals surface area contributed by atoms with Crippen molar-refractivity contribution in [3.8, 4) is 0 Å². The van der Waals surface area contributed by atoms with Crippen LogP contribution in [0.5, 0.6) is 0 Å². The highest BCUT2D eigenvalue weighted by Crippen LogP contribution is 2.18. The Bertz CT molecular complexity index is 523. The van der Waals surface area contributed by atoms with Gasteiger partial charge in [-0.3, -0.25) is 14.9 Å². The zero-order valence-corrected chi connectivity index (χ0v) is 10.7. The van der Waals surface area contributed by atoms with Crippen LogP contribution in [-0.2, 0) is 22.6 Å². The Morgan fingerprint density at radius 2 is 2.15 bits per heavy atom. The van der Waals surface area contributed by atoms with Crippen LogP contribution in [0.3, 0.4) is 0 Å². The summed E-state index contributed by atoms with van der Waals surface area (Å²) in [6.45, 7) is -0.141. The van der Waals surface area contributed by atoms with E-state index in [9.17, 15) is 14.4 Å². The van der Waals surface area contributed by atoms with Crippen molar-refractivity contribution in [2.24, 2.45) is 0 Å². The summed E-state index contributed by atoms with van der Waals surface area (Å²) in [5.74, 6) is -1.42. The molecule has 0 radical (unpaired) electrons. The molecule has 9 heteroatoms. The number of imide groups is 1. The molecular formula is C11H15N5O4. The third-order valence-electron chi connectivity index (χ3n) is 2.65. The summed E-state index contributed by atoms with van der Waals surface area (Å²) in [5.41, 5.74) is 0.489. The van der Waals surface area contributed by atoms with Crippen LogP contribution in [-0.4, -0.2) is 44.0 Å². The second kappa shape index (κ2) is 6.13. The molecule has 1 aromatic heterocycles. The quantitative estimate of drug-likeness (QED) is 0.632. The zero-order valence-electron chi connectivity index (χ0n) is 10.7. The molecule has 9 nitrogen and oxygen atoms in total. The fourth-order valence-electron chi connectivity index (χ4n) is 1.53. The van der Waals surface area contributed by atoms with Gasteiger partial charge in [-0.2, -0.15) is 0 Å².